The molecule has 5 aliphatic rings. The molecule has 4 aliphatic carbocycles. The normalized spacial score (nSPS) is 41.6. The molecular weight excluding hydrogens is 355 g/mol. The van der Waals surface area contributed by atoms with Gasteiger partial charge in [-0.05, 0) is 74.0 Å². The van der Waals surface area contributed by atoms with Gasteiger partial charge in [-0.25, -0.2) is 4.39 Å². The summed E-state index contributed by atoms with van der Waals surface area (Å²) in [6.07, 6.45) is 4.18. The zero-order valence-corrected chi connectivity index (χ0v) is 16.3. The molecule has 0 aromatic heterocycles. The van der Waals surface area contributed by atoms with Gasteiger partial charge in [-0.3, -0.25) is 4.79 Å². The number of rotatable bonds is 3. The highest BCUT2D eigenvalue weighted by Crippen LogP contribution is 2.66. The molecule has 4 saturated carbocycles. The van der Waals surface area contributed by atoms with Crippen LogP contribution < -0.4 is 0 Å². The first-order chi connectivity index (χ1) is 13.3. The molecule has 0 atom stereocenters. The zero-order chi connectivity index (χ0) is 19.7. The molecule has 1 heterocycles. The molecule has 4 nitrogen and oxygen atoms in total. The van der Waals surface area contributed by atoms with E-state index in [4.69, 9.17) is 5.26 Å². The van der Waals surface area contributed by atoms with Crippen LogP contribution in [-0.2, 0) is 10.2 Å². The molecular formula is C23H27FN2O2. The van der Waals surface area contributed by atoms with Crippen LogP contribution in [0.4, 0.5) is 4.39 Å². The summed E-state index contributed by atoms with van der Waals surface area (Å²) < 4.78 is 13.6. The molecule has 1 N–H and O–H groups in total. The monoisotopic (exact) mass is 382 g/mol. The van der Waals surface area contributed by atoms with Crippen LogP contribution in [0.25, 0.3) is 0 Å². The van der Waals surface area contributed by atoms with Crippen LogP contribution in [0.5, 0.6) is 0 Å². The zero-order valence-electron chi connectivity index (χ0n) is 16.3. The van der Waals surface area contributed by atoms with E-state index in [9.17, 15) is 14.3 Å². The van der Waals surface area contributed by atoms with Crippen molar-refractivity contribution in [3.05, 3.63) is 35.6 Å². The summed E-state index contributed by atoms with van der Waals surface area (Å²) in [6, 6.07) is 9.00. The van der Waals surface area contributed by atoms with Gasteiger partial charge in [-0.15, -0.1) is 0 Å². The van der Waals surface area contributed by atoms with Crippen molar-refractivity contribution in [3.63, 3.8) is 0 Å². The van der Waals surface area contributed by atoms with Crippen molar-refractivity contribution in [1.29, 1.82) is 5.26 Å². The van der Waals surface area contributed by atoms with Crippen molar-refractivity contribution in [3.8, 4) is 6.07 Å². The predicted molar refractivity (Wildman–Crippen MR) is 101 cm³/mol. The van der Waals surface area contributed by atoms with Gasteiger partial charge >= 0.3 is 0 Å². The number of likely N-dealkylation sites (tertiary alicyclic amines) is 1. The largest absolute Gasteiger partial charge is 0.390 e. The second-order valence-corrected chi connectivity index (χ2v) is 9.81. The number of hydrogen-bond donors (Lipinski definition) is 1. The number of carbonyl (C=O) groups excluding carboxylic acids is 1. The lowest BCUT2D eigenvalue weighted by molar-refractivity contribution is -0.194. The summed E-state index contributed by atoms with van der Waals surface area (Å²) >= 11 is 0. The third-order valence-corrected chi connectivity index (χ3v) is 8.63. The summed E-state index contributed by atoms with van der Waals surface area (Å²) in [7, 11) is 0. The maximum Gasteiger partial charge on any atom is 0.223 e. The Bertz CT molecular complexity index is 803. The minimum atomic E-state index is -0.594. The second-order valence-electron chi connectivity index (χ2n) is 9.81. The number of carbonyl (C=O) groups is 1. The average Bonchev–Trinajstić information content (AvgIpc) is 2.59. The fraction of sp³-hybridized carbons (Fsp3) is 0.652. The third kappa shape index (κ3) is 2.40. The Labute approximate surface area is 165 Å². The molecule has 1 aromatic rings. The molecule has 6 rings (SSSR count). The summed E-state index contributed by atoms with van der Waals surface area (Å²) in [5.41, 5.74) is 0.211. The lowest BCUT2D eigenvalue weighted by Crippen LogP contribution is -2.65. The summed E-state index contributed by atoms with van der Waals surface area (Å²) in [5, 5.41) is 20.0. The molecule has 148 valence electrons. The standard InChI is InChI=1S/C23H27FN2O2/c1-22(28)16-6-18-8-17(22)9-19(7-16)23(18,15-2-4-20(24)5-3-15)10-21(27)26-12-14(11-25)13-26/h2-5,14,16-19,28H,6-10,12-13H2,1H3. The highest BCUT2D eigenvalue weighted by atomic mass is 19.1. The first-order valence-electron chi connectivity index (χ1n) is 10.5. The minimum absolute atomic E-state index is 0.0423. The maximum atomic E-state index is 13.6. The smallest absolute Gasteiger partial charge is 0.223 e. The average molecular weight is 382 g/mol. The number of benzene rings is 1. The fourth-order valence-electron chi connectivity index (χ4n) is 6.97. The first kappa shape index (κ1) is 18.1. The number of amides is 1. The van der Waals surface area contributed by atoms with Crippen LogP contribution in [0.15, 0.2) is 24.3 Å². The minimum Gasteiger partial charge on any atom is -0.390 e. The molecule has 1 aliphatic heterocycles. The number of hydrogen-bond acceptors (Lipinski definition) is 3. The molecule has 28 heavy (non-hydrogen) atoms. The Morgan fingerprint density at radius 1 is 1.14 bits per heavy atom. The van der Waals surface area contributed by atoms with E-state index in [-0.39, 0.29) is 23.1 Å². The molecule has 1 aromatic carbocycles. The maximum absolute atomic E-state index is 13.6. The van der Waals surface area contributed by atoms with E-state index in [0.717, 1.165) is 31.2 Å². The van der Waals surface area contributed by atoms with Crippen LogP contribution in [0.2, 0.25) is 0 Å². The van der Waals surface area contributed by atoms with E-state index >= 15 is 0 Å². The molecule has 5 heteroatoms. The Hall–Kier alpha value is -1.93. The molecule has 4 bridgehead atoms. The quantitative estimate of drug-likeness (QED) is 0.873. The first-order valence-corrected chi connectivity index (χ1v) is 10.5. The molecule has 1 saturated heterocycles. The number of nitrogens with zero attached hydrogens (tertiary/aromatic N) is 2. The van der Waals surface area contributed by atoms with Crippen molar-refractivity contribution in [2.75, 3.05) is 13.1 Å². The van der Waals surface area contributed by atoms with E-state index in [1.165, 1.54) is 12.1 Å². The topological polar surface area (TPSA) is 64.3 Å². The van der Waals surface area contributed by atoms with Crippen molar-refractivity contribution in [2.45, 2.75) is 50.0 Å². The van der Waals surface area contributed by atoms with Gasteiger partial charge in [0.25, 0.3) is 0 Å². The Balaban J connectivity index is 1.50. The van der Waals surface area contributed by atoms with Crippen LogP contribution in [0.1, 0.15) is 44.6 Å². The summed E-state index contributed by atoms with van der Waals surface area (Å²) in [4.78, 5) is 15.0. The van der Waals surface area contributed by atoms with Crippen LogP contribution >= 0.6 is 0 Å². The Kier molecular flexibility index (Phi) is 3.90. The van der Waals surface area contributed by atoms with Gasteiger partial charge in [-0.1, -0.05) is 12.1 Å². The van der Waals surface area contributed by atoms with E-state index in [1.807, 2.05) is 19.1 Å². The van der Waals surface area contributed by atoms with Crippen molar-refractivity contribution in [1.82, 2.24) is 4.90 Å². The second kappa shape index (κ2) is 6.03. The van der Waals surface area contributed by atoms with Gasteiger partial charge in [0.2, 0.25) is 5.91 Å². The number of nitriles is 1. The van der Waals surface area contributed by atoms with Gasteiger partial charge < -0.3 is 10.0 Å². The third-order valence-electron chi connectivity index (χ3n) is 8.63. The summed E-state index contributed by atoms with van der Waals surface area (Å²) in [5.74, 6) is 1.11. The van der Waals surface area contributed by atoms with Crippen LogP contribution in [0, 0.1) is 46.7 Å². The fourth-order valence-corrected chi connectivity index (χ4v) is 6.97. The van der Waals surface area contributed by atoms with Gasteiger partial charge in [0.15, 0.2) is 0 Å². The van der Waals surface area contributed by atoms with Crippen molar-refractivity contribution in [2.24, 2.45) is 29.6 Å². The van der Waals surface area contributed by atoms with Gasteiger partial charge in [0.1, 0.15) is 5.82 Å². The highest BCUT2D eigenvalue weighted by molar-refractivity contribution is 5.79. The molecule has 0 spiro atoms. The number of halogens is 1. The van der Waals surface area contributed by atoms with E-state index in [0.29, 0.717) is 43.2 Å². The van der Waals surface area contributed by atoms with Crippen molar-refractivity contribution >= 4 is 5.91 Å². The Morgan fingerprint density at radius 2 is 1.68 bits per heavy atom. The van der Waals surface area contributed by atoms with E-state index in [1.54, 1.807) is 4.90 Å². The highest BCUT2D eigenvalue weighted by Gasteiger charge is 2.64. The van der Waals surface area contributed by atoms with E-state index < -0.39 is 5.60 Å². The molecule has 0 radical (unpaired) electrons. The molecule has 0 unspecified atom stereocenters. The lowest BCUT2D eigenvalue weighted by atomic mass is 9.40. The number of aliphatic hydroxyl groups is 1. The Morgan fingerprint density at radius 3 is 2.18 bits per heavy atom. The van der Waals surface area contributed by atoms with Gasteiger partial charge in [-0.2, -0.15) is 5.26 Å². The molecule has 1 amide bonds. The van der Waals surface area contributed by atoms with Crippen LogP contribution in [-0.4, -0.2) is 34.6 Å². The SMILES string of the molecule is CC1(O)C2CC3CC1CC(C2)C3(CC(=O)N1CC(C#N)C1)c1ccc(F)cc1. The van der Waals surface area contributed by atoms with Gasteiger partial charge in [0, 0.05) is 24.9 Å². The summed E-state index contributed by atoms with van der Waals surface area (Å²) in [6.45, 7) is 3.06. The predicted octanol–water partition coefficient (Wildman–Crippen LogP) is 3.25. The molecule has 5 fully saturated rings. The van der Waals surface area contributed by atoms with E-state index in [2.05, 4.69) is 6.07 Å². The van der Waals surface area contributed by atoms with Crippen molar-refractivity contribution < 1.29 is 14.3 Å². The van der Waals surface area contributed by atoms with Crippen LogP contribution in [0.3, 0.4) is 0 Å². The lowest BCUT2D eigenvalue weighted by Gasteiger charge is -2.66. The van der Waals surface area contributed by atoms with Gasteiger partial charge in [0.05, 0.1) is 17.6 Å².